The molecule has 2 N–H and O–H groups in total. The van der Waals surface area contributed by atoms with Gasteiger partial charge in [-0.15, -0.1) is 0 Å². The molecule has 0 saturated carbocycles. The Labute approximate surface area is 102 Å². The van der Waals surface area contributed by atoms with Gasteiger partial charge in [-0.3, -0.25) is 10.1 Å². The first-order valence-electron chi connectivity index (χ1n) is 4.97. The van der Waals surface area contributed by atoms with Crippen LogP contribution >= 0.6 is 0 Å². The minimum atomic E-state index is -0.751. The molecule has 0 aliphatic heterocycles. The first kappa shape index (κ1) is 13.4. The number of nitro benzene ring substituents is 1. The molecule has 8 nitrogen and oxygen atoms in total. The van der Waals surface area contributed by atoms with Gasteiger partial charge in [-0.25, -0.2) is 10.2 Å². The zero-order valence-electron chi connectivity index (χ0n) is 9.49. The Hall–Kier alpha value is -2.64. The molecule has 0 fully saturated rings. The highest BCUT2D eigenvalue weighted by Gasteiger charge is 2.08. The third-order valence-electron chi connectivity index (χ3n) is 1.86. The van der Waals surface area contributed by atoms with Crippen LogP contribution < -0.4 is 5.43 Å². The van der Waals surface area contributed by atoms with Gasteiger partial charge < -0.3 is 9.84 Å². The van der Waals surface area contributed by atoms with Crippen LogP contribution in [0, 0.1) is 10.1 Å². The van der Waals surface area contributed by atoms with Crippen LogP contribution in [0.2, 0.25) is 0 Å². The summed E-state index contributed by atoms with van der Waals surface area (Å²) in [7, 11) is 0. The van der Waals surface area contributed by atoms with E-state index in [1.807, 2.05) is 5.43 Å². The molecule has 0 bridgehead atoms. The number of hydrazone groups is 1. The van der Waals surface area contributed by atoms with Crippen molar-refractivity contribution in [2.45, 2.75) is 6.92 Å². The predicted molar refractivity (Wildman–Crippen MR) is 62.5 cm³/mol. The fourth-order valence-corrected chi connectivity index (χ4v) is 1.08. The molecule has 96 valence electrons. The van der Waals surface area contributed by atoms with Crippen LogP contribution in [0.1, 0.15) is 12.5 Å². The molecule has 1 aromatic rings. The maximum atomic E-state index is 10.9. The van der Waals surface area contributed by atoms with E-state index in [0.717, 1.165) is 18.3 Å². The summed E-state index contributed by atoms with van der Waals surface area (Å²) in [6, 6.07) is 3.46. The van der Waals surface area contributed by atoms with Gasteiger partial charge in [0.15, 0.2) is 0 Å². The fraction of sp³-hybridized carbons (Fsp3) is 0.200. The van der Waals surface area contributed by atoms with E-state index >= 15 is 0 Å². The molecule has 1 rings (SSSR count). The molecule has 0 aliphatic carbocycles. The molecule has 1 aromatic carbocycles. The lowest BCUT2D eigenvalue weighted by atomic mass is 10.2. The zero-order chi connectivity index (χ0) is 13.5. The Morgan fingerprint density at radius 3 is 3.00 bits per heavy atom. The highest BCUT2D eigenvalue weighted by atomic mass is 16.6. The molecular weight excluding hydrogens is 242 g/mol. The largest absolute Gasteiger partial charge is 0.507 e. The lowest BCUT2D eigenvalue weighted by Crippen LogP contribution is -2.18. The third kappa shape index (κ3) is 3.74. The van der Waals surface area contributed by atoms with Crippen molar-refractivity contribution < 1.29 is 19.6 Å². The number of benzene rings is 1. The number of amides is 1. The van der Waals surface area contributed by atoms with Crippen molar-refractivity contribution in [3.05, 3.63) is 33.9 Å². The minimum Gasteiger partial charge on any atom is -0.507 e. The van der Waals surface area contributed by atoms with Crippen LogP contribution in [0.3, 0.4) is 0 Å². The van der Waals surface area contributed by atoms with E-state index in [4.69, 9.17) is 0 Å². The summed E-state index contributed by atoms with van der Waals surface area (Å²) in [6.45, 7) is 1.83. The van der Waals surface area contributed by atoms with Gasteiger partial charge in [0, 0.05) is 17.7 Å². The lowest BCUT2D eigenvalue weighted by Gasteiger charge is -2.00. The smallest absolute Gasteiger partial charge is 0.427 e. The number of nitrogens with one attached hydrogen (secondary N) is 1. The summed E-state index contributed by atoms with van der Waals surface area (Å²) in [4.78, 5) is 20.8. The number of nitrogens with zero attached hydrogens (tertiary/aromatic N) is 2. The van der Waals surface area contributed by atoms with Crippen molar-refractivity contribution in [1.82, 2.24) is 5.43 Å². The van der Waals surface area contributed by atoms with Crippen molar-refractivity contribution >= 4 is 18.0 Å². The van der Waals surface area contributed by atoms with Crippen molar-refractivity contribution in [2.24, 2.45) is 5.10 Å². The highest BCUT2D eigenvalue weighted by Crippen LogP contribution is 2.21. The molecule has 0 radical (unpaired) electrons. The highest BCUT2D eigenvalue weighted by molar-refractivity contribution is 5.85. The monoisotopic (exact) mass is 253 g/mol. The van der Waals surface area contributed by atoms with Crippen LogP contribution in [0.4, 0.5) is 10.5 Å². The molecule has 0 heterocycles. The van der Waals surface area contributed by atoms with Gasteiger partial charge in [0.05, 0.1) is 17.7 Å². The van der Waals surface area contributed by atoms with Gasteiger partial charge in [-0.2, -0.15) is 5.10 Å². The molecule has 18 heavy (non-hydrogen) atoms. The number of hydrogen-bond acceptors (Lipinski definition) is 6. The van der Waals surface area contributed by atoms with Crippen LogP contribution in [0.5, 0.6) is 5.75 Å². The van der Waals surface area contributed by atoms with Crippen LogP contribution in [0.25, 0.3) is 0 Å². The average molecular weight is 253 g/mol. The van der Waals surface area contributed by atoms with Crippen LogP contribution in [0.15, 0.2) is 23.3 Å². The maximum absolute atomic E-state index is 10.9. The number of phenolic OH excluding ortho intramolecular Hbond substituents is 1. The van der Waals surface area contributed by atoms with E-state index in [0.29, 0.717) is 0 Å². The molecule has 8 heteroatoms. The average Bonchev–Trinajstić information content (AvgIpc) is 2.31. The normalized spacial score (nSPS) is 10.3. The van der Waals surface area contributed by atoms with Gasteiger partial charge in [0.2, 0.25) is 0 Å². The van der Waals surface area contributed by atoms with E-state index < -0.39 is 11.0 Å². The van der Waals surface area contributed by atoms with E-state index in [-0.39, 0.29) is 23.6 Å². The summed E-state index contributed by atoms with van der Waals surface area (Å²) in [5, 5.41) is 23.4. The molecule has 0 saturated heterocycles. The Morgan fingerprint density at radius 2 is 2.39 bits per heavy atom. The first-order chi connectivity index (χ1) is 8.54. The number of carbonyl (C=O) groups excluding carboxylic acids is 1. The Bertz CT molecular complexity index is 486. The predicted octanol–water partition coefficient (Wildman–Crippen LogP) is 1.38. The molecule has 0 atom stereocenters. The van der Waals surface area contributed by atoms with Gasteiger partial charge in [0.25, 0.3) is 5.69 Å². The Balaban J connectivity index is 2.77. The summed E-state index contributed by atoms with van der Waals surface area (Å²) >= 11 is 0. The first-order valence-corrected chi connectivity index (χ1v) is 4.97. The number of phenols is 1. The molecule has 1 amide bonds. The van der Waals surface area contributed by atoms with Gasteiger partial charge in [0.1, 0.15) is 5.75 Å². The second-order valence-electron chi connectivity index (χ2n) is 3.09. The fourth-order valence-electron chi connectivity index (χ4n) is 1.08. The Kier molecular flexibility index (Phi) is 4.61. The van der Waals surface area contributed by atoms with E-state index in [9.17, 15) is 20.0 Å². The number of rotatable bonds is 4. The molecule has 0 spiro atoms. The second-order valence-corrected chi connectivity index (χ2v) is 3.09. The van der Waals surface area contributed by atoms with Gasteiger partial charge >= 0.3 is 6.09 Å². The summed E-state index contributed by atoms with van der Waals surface area (Å²) in [5.41, 5.74) is 1.96. The van der Waals surface area contributed by atoms with Gasteiger partial charge in [-0.05, 0) is 13.0 Å². The summed E-state index contributed by atoms with van der Waals surface area (Å²) < 4.78 is 4.54. The van der Waals surface area contributed by atoms with Crippen molar-refractivity contribution in [3.8, 4) is 5.75 Å². The number of aromatic hydroxyl groups is 1. The van der Waals surface area contributed by atoms with Crippen LogP contribution in [-0.2, 0) is 4.74 Å². The van der Waals surface area contributed by atoms with E-state index in [2.05, 4.69) is 9.84 Å². The van der Waals surface area contributed by atoms with Gasteiger partial charge in [-0.1, -0.05) is 0 Å². The van der Waals surface area contributed by atoms with Crippen LogP contribution in [-0.4, -0.2) is 28.9 Å². The minimum absolute atomic E-state index is 0.112. The number of nitro groups is 1. The van der Waals surface area contributed by atoms with Crippen molar-refractivity contribution in [2.75, 3.05) is 6.61 Å². The number of carbonyl (C=O) groups is 1. The number of ether oxygens (including phenoxy) is 1. The standard InChI is InChI=1S/C10H11N3O5/c1-2-18-10(15)12-11-6-7-5-8(13(16)17)3-4-9(7)14/h3-6,14H,2H2,1H3,(H,12,15). The lowest BCUT2D eigenvalue weighted by molar-refractivity contribution is -0.384. The number of hydrogen-bond donors (Lipinski definition) is 2. The molecular formula is C10H11N3O5. The van der Waals surface area contributed by atoms with Crippen molar-refractivity contribution in [3.63, 3.8) is 0 Å². The molecule has 0 aromatic heterocycles. The van der Waals surface area contributed by atoms with Crippen molar-refractivity contribution in [1.29, 1.82) is 0 Å². The summed E-state index contributed by atoms with van der Waals surface area (Å²) in [6.07, 6.45) is 0.331. The third-order valence-corrected chi connectivity index (χ3v) is 1.86. The topological polar surface area (TPSA) is 114 Å². The maximum Gasteiger partial charge on any atom is 0.427 e. The van der Waals surface area contributed by atoms with E-state index in [1.54, 1.807) is 6.92 Å². The zero-order valence-corrected chi connectivity index (χ0v) is 9.49. The quantitative estimate of drug-likeness (QED) is 0.478. The number of non-ortho nitro benzene ring substituents is 1. The SMILES string of the molecule is CCOC(=O)NN=Cc1cc([N+](=O)[O-])ccc1O. The Morgan fingerprint density at radius 1 is 1.67 bits per heavy atom. The second kappa shape index (κ2) is 6.18. The summed E-state index contributed by atoms with van der Waals surface area (Å²) in [5.74, 6) is -0.185. The molecule has 0 unspecified atom stereocenters. The molecule has 0 aliphatic rings. The van der Waals surface area contributed by atoms with E-state index in [1.165, 1.54) is 6.07 Å².